The van der Waals surface area contributed by atoms with E-state index in [0.717, 1.165) is 28.7 Å². The lowest BCUT2D eigenvalue weighted by molar-refractivity contribution is 1.15. The van der Waals surface area contributed by atoms with Crippen LogP contribution in [0.5, 0.6) is 0 Å². The highest BCUT2D eigenvalue weighted by molar-refractivity contribution is 5.90. The number of nitrogens with one attached hydrogen (secondary N) is 2. The number of fused-ring (bicyclic) bond motifs is 1. The van der Waals surface area contributed by atoms with Crippen LogP contribution in [-0.4, -0.2) is 24.9 Å². The third kappa shape index (κ3) is 1.45. The zero-order valence-electron chi connectivity index (χ0n) is 9.36. The van der Waals surface area contributed by atoms with E-state index >= 15 is 0 Å². The predicted octanol–water partition coefficient (Wildman–Crippen LogP) is 1.49. The van der Waals surface area contributed by atoms with Gasteiger partial charge in [-0.05, 0) is 12.0 Å². The number of nitrogens with zero attached hydrogens (tertiary/aromatic N) is 3. The molecule has 3 rings (SSSR count). The number of anilines is 1. The Kier molecular flexibility index (Phi) is 2.07. The summed E-state index contributed by atoms with van der Waals surface area (Å²) in [6, 6.07) is 0. The maximum atomic E-state index is 5.98. The molecule has 0 aliphatic rings. The molecule has 6 heteroatoms. The quantitative estimate of drug-likeness (QED) is 0.619. The van der Waals surface area contributed by atoms with Crippen molar-refractivity contribution in [3.8, 4) is 11.5 Å². The van der Waals surface area contributed by atoms with Crippen LogP contribution in [0.1, 0.15) is 12.5 Å². The van der Waals surface area contributed by atoms with Crippen LogP contribution < -0.4 is 5.73 Å². The van der Waals surface area contributed by atoms with E-state index in [-0.39, 0.29) is 0 Å². The lowest BCUT2D eigenvalue weighted by atomic mass is 10.2. The lowest BCUT2D eigenvalue weighted by Crippen LogP contribution is -1.98. The van der Waals surface area contributed by atoms with Gasteiger partial charge in [-0.3, -0.25) is 0 Å². The fraction of sp³-hybridized carbons (Fsp3) is 0.182. The van der Waals surface area contributed by atoms with Gasteiger partial charge in [-0.25, -0.2) is 15.0 Å². The lowest BCUT2D eigenvalue weighted by Gasteiger charge is -2.01. The van der Waals surface area contributed by atoms with Crippen LogP contribution in [0.25, 0.3) is 22.6 Å². The molecule has 86 valence electrons. The number of aromatic nitrogens is 5. The number of nitrogen functional groups attached to an aromatic ring is 1. The van der Waals surface area contributed by atoms with Crippen molar-refractivity contribution in [1.29, 1.82) is 0 Å². The van der Waals surface area contributed by atoms with Gasteiger partial charge in [-0.15, -0.1) is 0 Å². The van der Waals surface area contributed by atoms with Crippen LogP contribution in [0.2, 0.25) is 0 Å². The van der Waals surface area contributed by atoms with E-state index in [2.05, 4.69) is 31.8 Å². The average molecular weight is 228 g/mol. The second-order valence-corrected chi connectivity index (χ2v) is 3.79. The highest BCUT2D eigenvalue weighted by Crippen LogP contribution is 2.24. The number of rotatable bonds is 2. The Bertz CT molecular complexity index is 652. The Balaban J connectivity index is 2.25. The summed E-state index contributed by atoms with van der Waals surface area (Å²) in [5, 5.41) is 0.913. The molecule has 6 nitrogen and oxygen atoms in total. The zero-order valence-corrected chi connectivity index (χ0v) is 9.36. The number of imidazole rings is 1. The number of aromatic amines is 2. The van der Waals surface area contributed by atoms with Crippen molar-refractivity contribution < 1.29 is 0 Å². The molecule has 0 atom stereocenters. The van der Waals surface area contributed by atoms with Gasteiger partial charge in [0.05, 0.1) is 17.9 Å². The summed E-state index contributed by atoms with van der Waals surface area (Å²) in [4.78, 5) is 18.7. The molecule has 0 radical (unpaired) electrons. The number of nitrogens with two attached hydrogens (primary N) is 1. The summed E-state index contributed by atoms with van der Waals surface area (Å²) >= 11 is 0. The molecule has 0 amide bonds. The number of hydrogen-bond donors (Lipinski definition) is 3. The van der Waals surface area contributed by atoms with Crippen molar-refractivity contribution in [3.63, 3.8) is 0 Å². The van der Waals surface area contributed by atoms with Crippen molar-refractivity contribution in [2.75, 3.05) is 5.73 Å². The minimum Gasteiger partial charge on any atom is -0.383 e. The standard InChI is InChI=1S/C11H12N6/c1-2-6-3-14-11-8(6)9(12)16-10(17-11)7-4-13-5-15-7/h3-5H,2H2,1H3,(H,13,15)(H3,12,14,16,17). The molecule has 3 aromatic heterocycles. The summed E-state index contributed by atoms with van der Waals surface area (Å²) in [6.07, 6.45) is 6.08. The van der Waals surface area contributed by atoms with Gasteiger partial charge in [-0.2, -0.15) is 0 Å². The van der Waals surface area contributed by atoms with Crippen LogP contribution >= 0.6 is 0 Å². The highest BCUT2D eigenvalue weighted by atomic mass is 15.0. The average Bonchev–Trinajstić information content (AvgIpc) is 2.97. The predicted molar refractivity (Wildman–Crippen MR) is 65.3 cm³/mol. The van der Waals surface area contributed by atoms with Gasteiger partial charge in [0, 0.05) is 6.20 Å². The first kappa shape index (κ1) is 9.83. The fourth-order valence-corrected chi connectivity index (χ4v) is 1.90. The summed E-state index contributed by atoms with van der Waals surface area (Å²) in [5.74, 6) is 1.05. The number of H-pyrrole nitrogens is 2. The summed E-state index contributed by atoms with van der Waals surface area (Å²) < 4.78 is 0. The van der Waals surface area contributed by atoms with E-state index in [0.29, 0.717) is 11.6 Å². The summed E-state index contributed by atoms with van der Waals surface area (Å²) in [7, 11) is 0. The Morgan fingerprint density at radius 1 is 1.29 bits per heavy atom. The van der Waals surface area contributed by atoms with E-state index < -0.39 is 0 Å². The summed E-state index contributed by atoms with van der Waals surface area (Å²) in [5.41, 5.74) is 8.63. The molecule has 4 N–H and O–H groups in total. The molecule has 3 heterocycles. The van der Waals surface area contributed by atoms with Gasteiger partial charge >= 0.3 is 0 Å². The molecule has 0 saturated heterocycles. The van der Waals surface area contributed by atoms with Crippen LogP contribution in [0.4, 0.5) is 5.82 Å². The molecule has 0 fully saturated rings. The molecule has 0 aromatic carbocycles. The van der Waals surface area contributed by atoms with Crippen molar-refractivity contribution in [2.45, 2.75) is 13.3 Å². The van der Waals surface area contributed by atoms with Gasteiger partial charge in [0.25, 0.3) is 0 Å². The maximum Gasteiger partial charge on any atom is 0.181 e. The van der Waals surface area contributed by atoms with E-state index in [1.807, 2.05) is 6.20 Å². The first-order chi connectivity index (χ1) is 8.29. The van der Waals surface area contributed by atoms with Gasteiger partial charge in [0.2, 0.25) is 0 Å². The Morgan fingerprint density at radius 2 is 2.18 bits per heavy atom. The minimum absolute atomic E-state index is 0.498. The van der Waals surface area contributed by atoms with Crippen molar-refractivity contribution in [3.05, 3.63) is 24.3 Å². The molecule has 17 heavy (non-hydrogen) atoms. The molecule has 0 saturated carbocycles. The molecular formula is C11H12N6. The normalized spacial score (nSPS) is 11.1. The van der Waals surface area contributed by atoms with Gasteiger partial charge in [0.15, 0.2) is 5.82 Å². The second-order valence-electron chi connectivity index (χ2n) is 3.79. The van der Waals surface area contributed by atoms with E-state index in [9.17, 15) is 0 Å². The van der Waals surface area contributed by atoms with Crippen LogP contribution in [0, 0.1) is 0 Å². The van der Waals surface area contributed by atoms with Crippen molar-refractivity contribution >= 4 is 16.9 Å². The molecule has 3 aromatic rings. The van der Waals surface area contributed by atoms with Gasteiger partial charge < -0.3 is 15.7 Å². The van der Waals surface area contributed by atoms with Gasteiger partial charge in [0.1, 0.15) is 17.2 Å². The van der Waals surface area contributed by atoms with Crippen molar-refractivity contribution in [2.24, 2.45) is 0 Å². The Morgan fingerprint density at radius 3 is 2.88 bits per heavy atom. The zero-order chi connectivity index (χ0) is 11.8. The topological polar surface area (TPSA) is 96.3 Å². The van der Waals surface area contributed by atoms with Crippen LogP contribution in [0.15, 0.2) is 18.7 Å². The Labute approximate surface area is 97.3 Å². The van der Waals surface area contributed by atoms with E-state index in [1.165, 1.54) is 0 Å². The molecule has 0 unspecified atom stereocenters. The molecule has 0 aliphatic carbocycles. The third-order valence-electron chi connectivity index (χ3n) is 2.76. The van der Waals surface area contributed by atoms with Gasteiger partial charge in [-0.1, -0.05) is 6.92 Å². The first-order valence-electron chi connectivity index (χ1n) is 5.41. The number of hydrogen-bond acceptors (Lipinski definition) is 4. The molecular weight excluding hydrogens is 216 g/mol. The highest BCUT2D eigenvalue weighted by Gasteiger charge is 2.12. The van der Waals surface area contributed by atoms with E-state index in [1.54, 1.807) is 12.5 Å². The molecule has 0 spiro atoms. The van der Waals surface area contributed by atoms with Crippen LogP contribution in [0.3, 0.4) is 0 Å². The summed E-state index contributed by atoms with van der Waals surface area (Å²) in [6.45, 7) is 2.07. The largest absolute Gasteiger partial charge is 0.383 e. The second kappa shape index (κ2) is 3.58. The van der Waals surface area contributed by atoms with E-state index in [4.69, 9.17) is 5.73 Å². The third-order valence-corrected chi connectivity index (χ3v) is 2.76. The molecule has 0 aliphatic heterocycles. The fourth-order valence-electron chi connectivity index (χ4n) is 1.90. The first-order valence-corrected chi connectivity index (χ1v) is 5.41. The monoisotopic (exact) mass is 228 g/mol. The smallest absolute Gasteiger partial charge is 0.181 e. The molecule has 0 bridgehead atoms. The van der Waals surface area contributed by atoms with Crippen LogP contribution in [-0.2, 0) is 6.42 Å². The Hall–Kier alpha value is -2.37. The minimum atomic E-state index is 0.498. The van der Waals surface area contributed by atoms with Crippen molar-refractivity contribution in [1.82, 2.24) is 24.9 Å². The number of aryl methyl sites for hydroxylation is 1. The SMILES string of the molecule is CCc1c[nH]c2nc(-c3cnc[nH]3)nc(N)c12. The maximum absolute atomic E-state index is 5.98.